The van der Waals surface area contributed by atoms with Gasteiger partial charge in [0.2, 0.25) is 0 Å². The minimum absolute atomic E-state index is 0.399. The largest absolute Gasteiger partial charge is 0.508 e. The number of aryl methyl sites for hydroxylation is 1. The summed E-state index contributed by atoms with van der Waals surface area (Å²) < 4.78 is 0. The molecule has 1 atom stereocenters. The highest BCUT2D eigenvalue weighted by Gasteiger charge is 2.12. The Balaban J connectivity index is 2.00. The molecule has 1 unspecified atom stereocenters. The number of hydrogen-bond acceptors (Lipinski definition) is 3. The van der Waals surface area contributed by atoms with Crippen LogP contribution in [0, 0.1) is 6.92 Å². The first-order valence-corrected chi connectivity index (χ1v) is 5.48. The zero-order chi connectivity index (χ0) is 10.7. The molecule has 3 nitrogen and oxygen atoms in total. The van der Waals surface area contributed by atoms with Gasteiger partial charge in [0.05, 0.1) is 0 Å². The molecule has 1 aliphatic rings. The van der Waals surface area contributed by atoms with E-state index in [1.807, 2.05) is 19.1 Å². The minimum Gasteiger partial charge on any atom is -0.508 e. The zero-order valence-corrected chi connectivity index (χ0v) is 9.09. The lowest BCUT2D eigenvalue weighted by atomic mass is 10.0. The molecule has 0 bridgehead atoms. The average Bonchev–Trinajstić information content (AvgIpc) is 2.25. The van der Waals surface area contributed by atoms with Crippen molar-refractivity contribution < 1.29 is 5.11 Å². The van der Waals surface area contributed by atoms with Crippen LogP contribution in [0.2, 0.25) is 0 Å². The molecule has 15 heavy (non-hydrogen) atoms. The van der Waals surface area contributed by atoms with Crippen molar-refractivity contribution in [1.29, 1.82) is 0 Å². The molecule has 1 aromatic rings. The van der Waals surface area contributed by atoms with Crippen LogP contribution in [0.15, 0.2) is 18.2 Å². The molecule has 2 rings (SSSR count). The Labute approximate surface area is 90.5 Å². The van der Waals surface area contributed by atoms with Crippen molar-refractivity contribution in [3.63, 3.8) is 0 Å². The lowest BCUT2D eigenvalue weighted by Crippen LogP contribution is -2.49. The molecule has 1 fully saturated rings. The molecule has 1 saturated heterocycles. The Morgan fingerprint density at radius 2 is 2.27 bits per heavy atom. The summed E-state index contributed by atoms with van der Waals surface area (Å²) in [5.41, 5.74) is 2.13. The first-order chi connectivity index (χ1) is 7.25. The molecule has 1 aromatic carbocycles. The van der Waals surface area contributed by atoms with Crippen molar-refractivity contribution >= 4 is 0 Å². The Kier molecular flexibility index (Phi) is 3.23. The van der Waals surface area contributed by atoms with Gasteiger partial charge in [0, 0.05) is 25.7 Å². The summed E-state index contributed by atoms with van der Waals surface area (Å²) in [6.45, 7) is 5.01. The number of rotatable bonds is 2. The van der Waals surface area contributed by atoms with Crippen molar-refractivity contribution in [2.45, 2.75) is 19.4 Å². The molecule has 3 N–H and O–H groups in total. The summed E-state index contributed by atoms with van der Waals surface area (Å²) in [5.74, 6) is 0.399. The van der Waals surface area contributed by atoms with Crippen molar-refractivity contribution in [2.75, 3.05) is 19.6 Å². The molecule has 0 amide bonds. The molecule has 82 valence electrons. The van der Waals surface area contributed by atoms with Gasteiger partial charge in [-0.15, -0.1) is 0 Å². The second-order valence-corrected chi connectivity index (χ2v) is 4.18. The summed E-state index contributed by atoms with van der Waals surface area (Å²) in [6.07, 6.45) is 0.973. The second-order valence-electron chi connectivity index (χ2n) is 4.18. The van der Waals surface area contributed by atoms with Crippen LogP contribution in [0.5, 0.6) is 5.75 Å². The number of benzene rings is 1. The van der Waals surface area contributed by atoms with Crippen molar-refractivity contribution in [3.8, 4) is 5.75 Å². The summed E-state index contributed by atoms with van der Waals surface area (Å²) in [4.78, 5) is 0. The Morgan fingerprint density at radius 3 is 2.93 bits per heavy atom. The van der Waals surface area contributed by atoms with Gasteiger partial charge in [-0.3, -0.25) is 0 Å². The van der Waals surface area contributed by atoms with E-state index in [1.165, 1.54) is 5.56 Å². The molecule has 0 aromatic heterocycles. The number of hydrogen-bond donors (Lipinski definition) is 3. The SMILES string of the molecule is Cc1ccc(CC2CNCCN2)cc1O. The topological polar surface area (TPSA) is 44.3 Å². The van der Waals surface area contributed by atoms with Gasteiger partial charge >= 0.3 is 0 Å². The number of phenolic OH excluding ortho intramolecular Hbond substituents is 1. The molecular weight excluding hydrogens is 188 g/mol. The fraction of sp³-hybridized carbons (Fsp3) is 0.500. The highest BCUT2D eigenvalue weighted by atomic mass is 16.3. The normalized spacial score (nSPS) is 21.5. The first-order valence-electron chi connectivity index (χ1n) is 5.48. The molecule has 0 radical (unpaired) electrons. The first kappa shape index (κ1) is 10.5. The zero-order valence-electron chi connectivity index (χ0n) is 9.09. The van der Waals surface area contributed by atoms with Crippen LogP contribution < -0.4 is 10.6 Å². The summed E-state index contributed by atoms with van der Waals surface area (Å²) in [5, 5.41) is 16.4. The third-order valence-corrected chi connectivity index (χ3v) is 2.88. The predicted molar refractivity (Wildman–Crippen MR) is 61.2 cm³/mol. The number of piperazine rings is 1. The number of nitrogens with one attached hydrogen (secondary N) is 2. The van der Waals surface area contributed by atoms with Crippen LogP contribution in [-0.2, 0) is 6.42 Å². The molecular formula is C12H18N2O. The average molecular weight is 206 g/mol. The fourth-order valence-electron chi connectivity index (χ4n) is 1.92. The molecule has 0 saturated carbocycles. The Morgan fingerprint density at radius 1 is 1.40 bits per heavy atom. The monoisotopic (exact) mass is 206 g/mol. The van der Waals surface area contributed by atoms with E-state index >= 15 is 0 Å². The van der Waals surface area contributed by atoms with E-state index in [1.54, 1.807) is 0 Å². The molecule has 0 aliphatic carbocycles. The van der Waals surface area contributed by atoms with Crippen LogP contribution >= 0.6 is 0 Å². The lowest BCUT2D eigenvalue weighted by Gasteiger charge is -2.24. The van der Waals surface area contributed by atoms with Gasteiger partial charge in [-0.2, -0.15) is 0 Å². The quantitative estimate of drug-likeness (QED) is 0.671. The Hall–Kier alpha value is -1.06. The molecule has 1 heterocycles. The van der Waals surface area contributed by atoms with Crippen LogP contribution in [-0.4, -0.2) is 30.8 Å². The van der Waals surface area contributed by atoms with Gasteiger partial charge in [-0.25, -0.2) is 0 Å². The molecule has 1 aliphatic heterocycles. The maximum Gasteiger partial charge on any atom is 0.118 e. The van der Waals surface area contributed by atoms with Gasteiger partial charge in [0.1, 0.15) is 5.75 Å². The predicted octanol–water partition coefficient (Wildman–Crippen LogP) is 0.805. The van der Waals surface area contributed by atoms with Crippen molar-refractivity contribution in [3.05, 3.63) is 29.3 Å². The van der Waals surface area contributed by atoms with Crippen LogP contribution in [0.3, 0.4) is 0 Å². The van der Waals surface area contributed by atoms with Crippen molar-refractivity contribution in [1.82, 2.24) is 10.6 Å². The van der Waals surface area contributed by atoms with E-state index in [-0.39, 0.29) is 0 Å². The van der Waals surface area contributed by atoms with E-state index < -0.39 is 0 Å². The van der Waals surface area contributed by atoms with E-state index in [4.69, 9.17) is 0 Å². The smallest absolute Gasteiger partial charge is 0.118 e. The summed E-state index contributed by atoms with van der Waals surface area (Å²) in [7, 11) is 0. The summed E-state index contributed by atoms with van der Waals surface area (Å²) in [6, 6.07) is 6.42. The third-order valence-electron chi connectivity index (χ3n) is 2.88. The van der Waals surface area contributed by atoms with Crippen LogP contribution in [0.1, 0.15) is 11.1 Å². The van der Waals surface area contributed by atoms with Gasteiger partial charge < -0.3 is 15.7 Å². The minimum atomic E-state index is 0.399. The van der Waals surface area contributed by atoms with Gasteiger partial charge in [-0.05, 0) is 30.5 Å². The van der Waals surface area contributed by atoms with Gasteiger partial charge in [0.15, 0.2) is 0 Å². The maximum atomic E-state index is 9.59. The van der Waals surface area contributed by atoms with E-state index in [2.05, 4.69) is 16.7 Å². The van der Waals surface area contributed by atoms with E-state index in [0.29, 0.717) is 11.8 Å². The van der Waals surface area contributed by atoms with E-state index in [0.717, 1.165) is 31.6 Å². The van der Waals surface area contributed by atoms with Gasteiger partial charge in [-0.1, -0.05) is 12.1 Å². The highest BCUT2D eigenvalue weighted by Crippen LogP contribution is 2.18. The molecule has 3 heteroatoms. The fourth-order valence-corrected chi connectivity index (χ4v) is 1.92. The highest BCUT2D eigenvalue weighted by molar-refractivity contribution is 5.35. The maximum absolute atomic E-state index is 9.59. The van der Waals surface area contributed by atoms with Crippen LogP contribution in [0.25, 0.3) is 0 Å². The summed E-state index contributed by atoms with van der Waals surface area (Å²) >= 11 is 0. The standard InChI is InChI=1S/C12H18N2O/c1-9-2-3-10(7-12(9)15)6-11-8-13-4-5-14-11/h2-3,7,11,13-15H,4-6,8H2,1H3. The second kappa shape index (κ2) is 4.64. The lowest BCUT2D eigenvalue weighted by molar-refractivity contribution is 0.415. The third kappa shape index (κ3) is 2.70. The Bertz CT molecular complexity index is 332. The van der Waals surface area contributed by atoms with Gasteiger partial charge in [0.25, 0.3) is 0 Å². The number of phenols is 1. The van der Waals surface area contributed by atoms with Crippen LogP contribution in [0.4, 0.5) is 0 Å². The number of aromatic hydroxyl groups is 1. The molecule has 0 spiro atoms. The van der Waals surface area contributed by atoms with Crippen molar-refractivity contribution in [2.24, 2.45) is 0 Å². The van der Waals surface area contributed by atoms with E-state index in [9.17, 15) is 5.11 Å².